The molecule has 100 valence electrons. The van der Waals surface area contributed by atoms with E-state index in [1.54, 1.807) is 4.68 Å². The van der Waals surface area contributed by atoms with E-state index in [-0.39, 0.29) is 5.91 Å². The number of carbonyl (C=O) groups is 1. The lowest BCUT2D eigenvalue weighted by molar-refractivity contribution is -0.131. The first-order valence-corrected chi connectivity index (χ1v) is 6.64. The van der Waals surface area contributed by atoms with E-state index in [9.17, 15) is 4.79 Å². The number of piperidine rings is 1. The first kappa shape index (κ1) is 13.1. The predicted octanol–water partition coefficient (Wildman–Crippen LogP) is 0.831. The summed E-state index contributed by atoms with van der Waals surface area (Å²) in [5, 5.41) is 7.49. The molecule has 1 saturated heterocycles. The van der Waals surface area contributed by atoms with E-state index >= 15 is 0 Å². The van der Waals surface area contributed by atoms with Crippen LogP contribution in [0.5, 0.6) is 0 Å². The van der Waals surface area contributed by atoms with Gasteiger partial charge in [0.2, 0.25) is 5.91 Å². The Morgan fingerprint density at radius 3 is 2.72 bits per heavy atom. The molecule has 1 aliphatic rings. The Morgan fingerprint density at radius 2 is 2.11 bits per heavy atom. The minimum atomic E-state index is 0.219. The Balaban J connectivity index is 1.74. The molecule has 0 unspecified atom stereocenters. The highest BCUT2D eigenvalue weighted by atomic mass is 16.2. The average molecular weight is 250 g/mol. The summed E-state index contributed by atoms with van der Waals surface area (Å²) in [6, 6.07) is 0. The Bertz CT molecular complexity index is 407. The second-order valence-electron chi connectivity index (χ2n) is 4.96. The molecule has 0 radical (unpaired) electrons. The zero-order valence-electron chi connectivity index (χ0n) is 11.3. The minimum absolute atomic E-state index is 0.219. The third kappa shape index (κ3) is 3.32. The Morgan fingerprint density at radius 1 is 1.39 bits per heavy atom. The van der Waals surface area contributed by atoms with Gasteiger partial charge in [0.25, 0.3) is 0 Å². The summed E-state index contributed by atoms with van der Waals surface area (Å²) in [4.78, 5) is 13.9. The molecule has 1 N–H and O–H groups in total. The van der Waals surface area contributed by atoms with Gasteiger partial charge in [-0.15, -0.1) is 0 Å². The first-order valence-electron chi connectivity index (χ1n) is 6.64. The van der Waals surface area contributed by atoms with Gasteiger partial charge in [-0.25, -0.2) is 0 Å². The smallest absolute Gasteiger partial charge is 0.236 e. The quantitative estimate of drug-likeness (QED) is 0.861. The maximum Gasteiger partial charge on any atom is 0.236 e. The lowest BCUT2D eigenvalue weighted by atomic mass is 10.1. The molecule has 1 aromatic heterocycles. The lowest BCUT2D eigenvalue weighted by Gasteiger charge is -2.26. The van der Waals surface area contributed by atoms with Gasteiger partial charge >= 0.3 is 0 Å². The average Bonchev–Trinajstić information content (AvgIpc) is 2.69. The number of amides is 1. The van der Waals surface area contributed by atoms with Crippen LogP contribution in [0.25, 0.3) is 0 Å². The fourth-order valence-electron chi connectivity index (χ4n) is 2.38. The molecule has 1 amide bonds. The van der Waals surface area contributed by atoms with Crippen molar-refractivity contribution in [2.75, 3.05) is 19.6 Å². The Hall–Kier alpha value is -1.36. The summed E-state index contributed by atoms with van der Waals surface area (Å²) in [7, 11) is 1.91. The van der Waals surface area contributed by atoms with Crippen LogP contribution < -0.4 is 5.32 Å². The van der Waals surface area contributed by atoms with Crippen molar-refractivity contribution in [2.45, 2.75) is 32.7 Å². The summed E-state index contributed by atoms with van der Waals surface area (Å²) >= 11 is 0. The zero-order chi connectivity index (χ0) is 13.0. The fourth-order valence-corrected chi connectivity index (χ4v) is 2.38. The van der Waals surface area contributed by atoms with E-state index in [0.29, 0.717) is 13.1 Å². The maximum atomic E-state index is 11.9. The molecule has 2 rings (SSSR count). The van der Waals surface area contributed by atoms with E-state index in [4.69, 9.17) is 0 Å². The summed E-state index contributed by atoms with van der Waals surface area (Å²) in [5.41, 5.74) is 2.18. The highest BCUT2D eigenvalue weighted by Gasteiger charge is 2.15. The number of nitrogens with one attached hydrogen (secondary N) is 1. The molecule has 1 aromatic rings. The van der Waals surface area contributed by atoms with E-state index in [0.717, 1.165) is 37.2 Å². The molecule has 1 fully saturated rings. The van der Waals surface area contributed by atoms with Crippen molar-refractivity contribution >= 4 is 5.91 Å². The third-order valence-electron chi connectivity index (χ3n) is 3.42. The summed E-state index contributed by atoms with van der Waals surface area (Å²) < 4.78 is 1.80. The fraction of sp³-hybridized carbons (Fsp3) is 0.692. The van der Waals surface area contributed by atoms with Crippen LogP contribution in [0.1, 0.15) is 30.5 Å². The number of aromatic nitrogens is 2. The maximum absolute atomic E-state index is 11.9. The number of rotatable bonds is 4. The minimum Gasteiger partial charge on any atom is -0.342 e. The summed E-state index contributed by atoms with van der Waals surface area (Å²) in [6.07, 6.45) is 5.54. The molecular weight excluding hydrogens is 228 g/mol. The highest BCUT2D eigenvalue weighted by molar-refractivity contribution is 5.78. The standard InChI is InChI=1S/C13H22N4O/c1-11-12(10-16(2)15-11)8-14-9-13(18)17-6-4-3-5-7-17/h10,14H,3-9H2,1-2H3. The zero-order valence-corrected chi connectivity index (χ0v) is 11.3. The van der Waals surface area contributed by atoms with Crippen molar-refractivity contribution in [3.05, 3.63) is 17.5 Å². The van der Waals surface area contributed by atoms with Gasteiger partial charge in [-0.2, -0.15) is 5.10 Å². The van der Waals surface area contributed by atoms with Gasteiger partial charge in [-0.05, 0) is 26.2 Å². The normalized spacial score (nSPS) is 16.0. The molecule has 2 heterocycles. The second-order valence-corrected chi connectivity index (χ2v) is 4.96. The van der Waals surface area contributed by atoms with Gasteiger partial charge in [-0.1, -0.05) is 0 Å². The molecule has 0 aromatic carbocycles. The van der Waals surface area contributed by atoms with Gasteiger partial charge < -0.3 is 10.2 Å². The van der Waals surface area contributed by atoms with Crippen molar-refractivity contribution in [1.29, 1.82) is 0 Å². The lowest BCUT2D eigenvalue weighted by Crippen LogP contribution is -2.40. The van der Waals surface area contributed by atoms with Crippen LogP contribution in [0.2, 0.25) is 0 Å². The van der Waals surface area contributed by atoms with Crippen molar-refractivity contribution in [3.63, 3.8) is 0 Å². The van der Waals surface area contributed by atoms with Crippen LogP contribution >= 0.6 is 0 Å². The third-order valence-corrected chi connectivity index (χ3v) is 3.42. The van der Waals surface area contributed by atoms with Crippen molar-refractivity contribution < 1.29 is 4.79 Å². The summed E-state index contributed by atoms with van der Waals surface area (Å²) in [6.45, 7) is 4.97. The van der Waals surface area contributed by atoms with Crippen LogP contribution in [0.15, 0.2) is 6.20 Å². The number of carbonyl (C=O) groups excluding carboxylic acids is 1. The van der Waals surface area contributed by atoms with E-state index < -0.39 is 0 Å². The molecule has 0 bridgehead atoms. The molecule has 5 nitrogen and oxygen atoms in total. The van der Waals surface area contributed by atoms with E-state index in [1.807, 2.05) is 25.1 Å². The monoisotopic (exact) mass is 250 g/mol. The molecule has 0 saturated carbocycles. The van der Waals surface area contributed by atoms with Crippen molar-refractivity contribution in [1.82, 2.24) is 20.0 Å². The Kier molecular flexibility index (Phi) is 4.36. The topological polar surface area (TPSA) is 50.2 Å². The van der Waals surface area contributed by atoms with Gasteiger partial charge in [0.15, 0.2) is 0 Å². The molecule has 5 heteroatoms. The second kappa shape index (κ2) is 6.00. The summed E-state index contributed by atoms with van der Waals surface area (Å²) in [5.74, 6) is 0.219. The van der Waals surface area contributed by atoms with Crippen LogP contribution in [-0.4, -0.2) is 40.2 Å². The molecule has 0 atom stereocenters. The van der Waals surface area contributed by atoms with E-state index in [1.165, 1.54) is 6.42 Å². The van der Waals surface area contributed by atoms with Crippen molar-refractivity contribution in [2.24, 2.45) is 7.05 Å². The molecule has 18 heavy (non-hydrogen) atoms. The van der Waals surface area contributed by atoms with Gasteiger partial charge in [0.05, 0.1) is 12.2 Å². The largest absolute Gasteiger partial charge is 0.342 e. The molecule has 0 aliphatic carbocycles. The molecule has 1 aliphatic heterocycles. The van der Waals surface area contributed by atoms with Gasteiger partial charge in [-0.3, -0.25) is 9.48 Å². The number of aryl methyl sites for hydroxylation is 2. The van der Waals surface area contributed by atoms with Crippen LogP contribution in [-0.2, 0) is 18.4 Å². The highest BCUT2D eigenvalue weighted by Crippen LogP contribution is 2.08. The van der Waals surface area contributed by atoms with Gasteiger partial charge in [0, 0.05) is 38.4 Å². The number of hydrogen-bond donors (Lipinski definition) is 1. The number of nitrogens with zero attached hydrogens (tertiary/aromatic N) is 3. The first-order chi connectivity index (χ1) is 8.66. The SMILES string of the molecule is Cc1nn(C)cc1CNCC(=O)N1CCCCC1. The molecular formula is C13H22N4O. The number of likely N-dealkylation sites (tertiary alicyclic amines) is 1. The molecule has 0 spiro atoms. The van der Waals surface area contributed by atoms with E-state index in [2.05, 4.69) is 10.4 Å². The number of hydrogen-bond acceptors (Lipinski definition) is 3. The van der Waals surface area contributed by atoms with Crippen LogP contribution in [0.3, 0.4) is 0 Å². The Labute approximate surface area is 108 Å². The predicted molar refractivity (Wildman–Crippen MR) is 70.1 cm³/mol. The van der Waals surface area contributed by atoms with Crippen LogP contribution in [0, 0.1) is 6.92 Å². The van der Waals surface area contributed by atoms with Crippen LogP contribution in [0.4, 0.5) is 0 Å². The van der Waals surface area contributed by atoms with Gasteiger partial charge in [0.1, 0.15) is 0 Å². The van der Waals surface area contributed by atoms with Crippen molar-refractivity contribution in [3.8, 4) is 0 Å².